The number of benzene rings is 3. The summed E-state index contributed by atoms with van der Waals surface area (Å²) in [6, 6.07) is 18.7. The number of amides is 2. The van der Waals surface area contributed by atoms with Crippen LogP contribution in [0.25, 0.3) is 0 Å². The molecule has 0 aliphatic rings. The van der Waals surface area contributed by atoms with E-state index in [1.165, 1.54) is 36.3 Å². The SMILES string of the molecule is CCCCNC(=O)C(CC)N(Cc1cccc(OC)c1)C(=O)CN(c1ccc(OC)c(Cl)c1)S(=O)(=O)c1ccccc1. The molecule has 0 aromatic heterocycles. The van der Waals surface area contributed by atoms with E-state index >= 15 is 0 Å². The summed E-state index contributed by atoms with van der Waals surface area (Å²) < 4.78 is 39.5. The van der Waals surface area contributed by atoms with Gasteiger partial charge < -0.3 is 19.7 Å². The summed E-state index contributed by atoms with van der Waals surface area (Å²) in [7, 11) is -1.21. The summed E-state index contributed by atoms with van der Waals surface area (Å²) in [6.07, 6.45) is 2.03. The lowest BCUT2D eigenvalue weighted by atomic mass is 10.1. The van der Waals surface area contributed by atoms with Gasteiger partial charge in [0.1, 0.15) is 24.1 Å². The molecule has 3 aromatic rings. The molecule has 226 valence electrons. The lowest BCUT2D eigenvalue weighted by Crippen LogP contribution is -2.52. The van der Waals surface area contributed by atoms with Crippen molar-refractivity contribution in [3.63, 3.8) is 0 Å². The van der Waals surface area contributed by atoms with Gasteiger partial charge in [-0.2, -0.15) is 0 Å². The first-order valence-electron chi connectivity index (χ1n) is 13.8. The van der Waals surface area contributed by atoms with Crippen molar-refractivity contribution in [2.24, 2.45) is 0 Å². The molecule has 0 spiro atoms. The van der Waals surface area contributed by atoms with Crippen LogP contribution >= 0.6 is 11.6 Å². The smallest absolute Gasteiger partial charge is 0.264 e. The Labute approximate surface area is 253 Å². The summed E-state index contributed by atoms with van der Waals surface area (Å²) in [5.74, 6) is 0.105. The first-order valence-corrected chi connectivity index (χ1v) is 15.6. The molecule has 0 aliphatic heterocycles. The van der Waals surface area contributed by atoms with Crippen molar-refractivity contribution in [1.29, 1.82) is 0 Å². The molecule has 3 rings (SSSR count). The molecule has 0 saturated carbocycles. The van der Waals surface area contributed by atoms with Crippen LogP contribution in [0.2, 0.25) is 5.02 Å². The average Bonchev–Trinajstić information content (AvgIpc) is 3.00. The van der Waals surface area contributed by atoms with Gasteiger partial charge in [-0.25, -0.2) is 8.42 Å². The second-order valence-electron chi connectivity index (χ2n) is 9.59. The van der Waals surface area contributed by atoms with Crippen molar-refractivity contribution < 1.29 is 27.5 Å². The molecular formula is C31H38ClN3O6S. The number of anilines is 1. The monoisotopic (exact) mass is 615 g/mol. The Hall–Kier alpha value is -3.76. The van der Waals surface area contributed by atoms with Gasteiger partial charge in [-0.1, -0.05) is 62.2 Å². The molecule has 11 heteroatoms. The van der Waals surface area contributed by atoms with Gasteiger partial charge in [0.05, 0.1) is 29.8 Å². The normalized spacial score (nSPS) is 11.8. The number of nitrogens with one attached hydrogen (secondary N) is 1. The lowest BCUT2D eigenvalue weighted by Gasteiger charge is -2.33. The van der Waals surface area contributed by atoms with Gasteiger partial charge >= 0.3 is 0 Å². The maximum Gasteiger partial charge on any atom is 0.264 e. The Morgan fingerprint density at radius 2 is 1.69 bits per heavy atom. The fraction of sp³-hybridized carbons (Fsp3) is 0.355. The summed E-state index contributed by atoms with van der Waals surface area (Å²) in [6.45, 7) is 3.82. The van der Waals surface area contributed by atoms with E-state index in [0.29, 0.717) is 24.5 Å². The van der Waals surface area contributed by atoms with Crippen molar-refractivity contribution in [1.82, 2.24) is 10.2 Å². The van der Waals surface area contributed by atoms with E-state index in [2.05, 4.69) is 5.32 Å². The van der Waals surface area contributed by atoms with Gasteiger partial charge in [0.25, 0.3) is 10.0 Å². The number of halogens is 1. The highest BCUT2D eigenvalue weighted by atomic mass is 35.5. The first kappa shape index (κ1) is 32.8. The van der Waals surface area contributed by atoms with Crippen LogP contribution in [0.5, 0.6) is 11.5 Å². The van der Waals surface area contributed by atoms with Gasteiger partial charge in [-0.15, -0.1) is 0 Å². The zero-order valence-corrected chi connectivity index (χ0v) is 26.0. The fourth-order valence-corrected chi connectivity index (χ4v) is 6.13. The Morgan fingerprint density at radius 1 is 0.952 bits per heavy atom. The van der Waals surface area contributed by atoms with Crippen LogP contribution < -0.4 is 19.1 Å². The number of unbranched alkanes of at least 4 members (excludes halogenated alkanes) is 1. The summed E-state index contributed by atoms with van der Waals surface area (Å²) in [4.78, 5) is 28.9. The number of nitrogens with zero attached hydrogens (tertiary/aromatic N) is 2. The summed E-state index contributed by atoms with van der Waals surface area (Å²) in [5, 5.41) is 3.10. The Balaban J connectivity index is 2.07. The molecule has 0 aliphatic carbocycles. The highest BCUT2D eigenvalue weighted by molar-refractivity contribution is 7.92. The minimum atomic E-state index is -4.21. The molecule has 0 bridgehead atoms. The molecule has 1 N–H and O–H groups in total. The predicted octanol–water partition coefficient (Wildman–Crippen LogP) is 5.28. The van der Waals surface area contributed by atoms with E-state index in [1.807, 2.05) is 19.9 Å². The van der Waals surface area contributed by atoms with Crippen LogP contribution in [0.3, 0.4) is 0 Å². The van der Waals surface area contributed by atoms with Crippen LogP contribution in [0.4, 0.5) is 5.69 Å². The molecule has 3 aromatic carbocycles. The molecule has 0 fully saturated rings. The number of sulfonamides is 1. The Morgan fingerprint density at radius 3 is 2.31 bits per heavy atom. The molecule has 0 saturated heterocycles. The van der Waals surface area contributed by atoms with Crippen molar-refractivity contribution in [2.75, 3.05) is 31.6 Å². The second-order valence-corrected chi connectivity index (χ2v) is 11.9. The third kappa shape index (κ3) is 8.17. The number of rotatable bonds is 15. The first-order chi connectivity index (χ1) is 20.2. The van der Waals surface area contributed by atoms with Gasteiger partial charge in [-0.3, -0.25) is 13.9 Å². The molecule has 2 amide bonds. The third-order valence-electron chi connectivity index (χ3n) is 6.74. The van der Waals surface area contributed by atoms with Gasteiger partial charge in [0.2, 0.25) is 11.8 Å². The quantitative estimate of drug-likeness (QED) is 0.233. The summed E-state index contributed by atoms with van der Waals surface area (Å²) in [5.41, 5.74) is 0.909. The third-order valence-corrected chi connectivity index (χ3v) is 8.82. The zero-order chi connectivity index (χ0) is 30.7. The van der Waals surface area contributed by atoms with E-state index in [9.17, 15) is 18.0 Å². The lowest BCUT2D eigenvalue weighted by molar-refractivity contribution is -0.140. The Kier molecular flexibility index (Phi) is 12.1. The minimum absolute atomic E-state index is 0.00781. The number of methoxy groups -OCH3 is 2. The average molecular weight is 616 g/mol. The summed E-state index contributed by atoms with van der Waals surface area (Å²) >= 11 is 6.37. The minimum Gasteiger partial charge on any atom is -0.497 e. The van der Waals surface area contributed by atoms with Crippen molar-refractivity contribution in [3.8, 4) is 11.5 Å². The standard InChI is InChI=1S/C31H38ClN3O6S/c1-5-7-18-33-31(37)28(6-2)34(21-23-12-11-13-25(19-23)40-3)30(36)22-35(24-16-17-29(41-4)27(32)20-24)42(38,39)26-14-9-8-10-15-26/h8-17,19-20,28H,5-7,18,21-22H2,1-4H3,(H,33,37). The van der Waals surface area contributed by atoms with Crippen molar-refractivity contribution >= 4 is 39.1 Å². The van der Waals surface area contributed by atoms with Gasteiger partial charge in [0.15, 0.2) is 0 Å². The van der Waals surface area contributed by atoms with E-state index in [-0.39, 0.29) is 28.1 Å². The van der Waals surface area contributed by atoms with Crippen molar-refractivity contribution in [3.05, 3.63) is 83.4 Å². The maximum atomic E-state index is 14.2. The van der Waals surface area contributed by atoms with Crippen LogP contribution in [0.1, 0.15) is 38.7 Å². The molecule has 0 radical (unpaired) electrons. The molecular weight excluding hydrogens is 578 g/mol. The predicted molar refractivity (Wildman–Crippen MR) is 165 cm³/mol. The van der Waals surface area contributed by atoms with Gasteiger partial charge in [0, 0.05) is 13.1 Å². The van der Waals surface area contributed by atoms with E-state index < -0.39 is 28.5 Å². The van der Waals surface area contributed by atoms with Crippen molar-refractivity contribution in [2.45, 2.75) is 50.6 Å². The van der Waals surface area contributed by atoms with Gasteiger partial charge in [-0.05, 0) is 60.9 Å². The topological polar surface area (TPSA) is 105 Å². The number of ether oxygens (including phenoxy) is 2. The number of hydrogen-bond acceptors (Lipinski definition) is 6. The molecule has 1 unspecified atom stereocenters. The van der Waals surface area contributed by atoms with Crippen LogP contribution in [-0.4, -0.2) is 58.5 Å². The molecule has 42 heavy (non-hydrogen) atoms. The Bertz CT molecular complexity index is 1450. The van der Waals surface area contributed by atoms with Crippen LogP contribution in [-0.2, 0) is 26.2 Å². The highest BCUT2D eigenvalue weighted by Crippen LogP contribution is 2.32. The highest BCUT2D eigenvalue weighted by Gasteiger charge is 2.34. The van der Waals surface area contributed by atoms with E-state index in [1.54, 1.807) is 49.6 Å². The van der Waals surface area contributed by atoms with Crippen LogP contribution in [0.15, 0.2) is 77.7 Å². The molecule has 0 heterocycles. The second kappa shape index (κ2) is 15.5. The fourth-order valence-electron chi connectivity index (χ4n) is 4.45. The van der Waals surface area contributed by atoms with E-state index in [0.717, 1.165) is 22.7 Å². The number of carbonyl (C=O) groups excluding carboxylic acids is 2. The maximum absolute atomic E-state index is 14.2. The largest absolute Gasteiger partial charge is 0.497 e. The molecule has 9 nitrogen and oxygen atoms in total. The zero-order valence-electron chi connectivity index (χ0n) is 24.4. The van der Waals surface area contributed by atoms with E-state index in [4.69, 9.17) is 21.1 Å². The number of hydrogen-bond donors (Lipinski definition) is 1. The molecule has 1 atom stereocenters. The number of carbonyl (C=O) groups is 2. The van der Waals surface area contributed by atoms with Crippen LogP contribution in [0, 0.1) is 0 Å².